The Kier molecular flexibility index (Phi) is 7.04. The van der Waals surface area contributed by atoms with Crippen LogP contribution < -0.4 is 0 Å². The number of nitriles is 1. The predicted octanol–water partition coefficient (Wildman–Crippen LogP) is 3.87. The molecular formula is C16H19NO2. The first-order chi connectivity index (χ1) is 9.24. The van der Waals surface area contributed by atoms with Gasteiger partial charge in [-0.05, 0) is 43.9 Å². The average Bonchev–Trinajstić information content (AvgIpc) is 2.45. The molecule has 1 rings (SSSR count). The molecule has 3 nitrogen and oxygen atoms in total. The molecule has 0 amide bonds. The zero-order valence-electron chi connectivity index (χ0n) is 11.3. The van der Waals surface area contributed by atoms with Gasteiger partial charge in [0.1, 0.15) is 6.61 Å². The third-order valence-electron chi connectivity index (χ3n) is 2.68. The number of nitrogens with zero attached hydrogens (tertiary/aromatic N) is 1. The highest BCUT2D eigenvalue weighted by Crippen LogP contribution is 2.06. The number of unbranched alkanes of at least 4 members (excludes halogenated alkanes) is 3. The number of carbonyl (C=O) groups is 1. The molecule has 0 saturated carbocycles. The van der Waals surface area contributed by atoms with Crippen molar-refractivity contribution >= 4 is 5.97 Å². The number of allylic oxidation sites excluding steroid dienone is 1. The number of carbonyl (C=O) groups excluding carboxylic acids is 1. The maximum atomic E-state index is 11.7. The van der Waals surface area contributed by atoms with E-state index in [1.807, 2.05) is 25.1 Å². The number of ether oxygens (including phenoxy) is 1. The molecule has 0 aliphatic heterocycles. The summed E-state index contributed by atoms with van der Waals surface area (Å²) in [6.45, 7) is 2.27. The zero-order valence-corrected chi connectivity index (χ0v) is 11.3. The van der Waals surface area contributed by atoms with Crippen molar-refractivity contribution in [2.24, 2.45) is 0 Å². The smallest absolute Gasteiger partial charge is 0.338 e. The van der Waals surface area contributed by atoms with Gasteiger partial charge in [0.2, 0.25) is 0 Å². The van der Waals surface area contributed by atoms with Gasteiger partial charge in [0.15, 0.2) is 0 Å². The molecular weight excluding hydrogens is 238 g/mol. The maximum Gasteiger partial charge on any atom is 0.338 e. The minimum absolute atomic E-state index is 0.294. The molecule has 0 radical (unpaired) electrons. The fraction of sp³-hybridized carbons (Fsp3) is 0.375. The van der Waals surface area contributed by atoms with E-state index < -0.39 is 0 Å². The first kappa shape index (κ1) is 15.0. The van der Waals surface area contributed by atoms with E-state index in [0.29, 0.717) is 18.6 Å². The van der Waals surface area contributed by atoms with E-state index in [9.17, 15) is 4.79 Å². The molecule has 0 aliphatic carbocycles. The zero-order chi connectivity index (χ0) is 13.9. The molecule has 0 aromatic heterocycles. The molecule has 0 fully saturated rings. The van der Waals surface area contributed by atoms with Crippen molar-refractivity contribution in [1.29, 1.82) is 5.26 Å². The van der Waals surface area contributed by atoms with Crippen molar-refractivity contribution in [3.63, 3.8) is 0 Å². The van der Waals surface area contributed by atoms with Gasteiger partial charge in [-0.15, -0.1) is 0 Å². The molecule has 1 aromatic carbocycles. The maximum absolute atomic E-state index is 11.7. The second-order valence-electron chi connectivity index (χ2n) is 4.40. The van der Waals surface area contributed by atoms with Crippen LogP contribution in [0.3, 0.4) is 0 Å². The van der Waals surface area contributed by atoms with Crippen LogP contribution in [0.1, 0.15) is 43.0 Å². The van der Waals surface area contributed by atoms with Crippen LogP contribution in [-0.4, -0.2) is 12.6 Å². The van der Waals surface area contributed by atoms with E-state index in [1.165, 1.54) is 0 Å². The van der Waals surface area contributed by atoms with E-state index >= 15 is 0 Å². The molecule has 0 N–H and O–H groups in total. The fourth-order valence-electron chi connectivity index (χ4n) is 1.59. The van der Waals surface area contributed by atoms with Gasteiger partial charge in [-0.25, -0.2) is 4.79 Å². The monoisotopic (exact) mass is 257 g/mol. The third kappa shape index (κ3) is 6.42. The fourth-order valence-corrected chi connectivity index (χ4v) is 1.59. The Labute approximate surface area is 114 Å². The van der Waals surface area contributed by atoms with Crippen LogP contribution in [0.4, 0.5) is 0 Å². The van der Waals surface area contributed by atoms with Gasteiger partial charge >= 0.3 is 5.97 Å². The summed E-state index contributed by atoms with van der Waals surface area (Å²) in [4.78, 5) is 11.7. The predicted molar refractivity (Wildman–Crippen MR) is 74.6 cm³/mol. The van der Waals surface area contributed by atoms with Crippen LogP contribution in [0.15, 0.2) is 42.0 Å². The Morgan fingerprint density at radius 1 is 1.32 bits per heavy atom. The summed E-state index contributed by atoms with van der Waals surface area (Å²) >= 11 is 0. The Morgan fingerprint density at radius 3 is 2.74 bits per heavy atom. The van der Waals surface area contributed by atoms with Gasteiger partial charge in [-0.1, -0.05) is 24.3 Å². The molecule has 0 saturated heterocycles. The molecule has 3 heteroatoms. The van der Waals surface area contributed by atoms with E-state index in [4.69, 9.17) is 10.00 Å². The van der Waals surface area contributed by atoms with Gasteiger partial charge in [0.05, 0.1) is 11.6 Å². The number of hydrogen-bond acceptors (Lipinski definition) is 3. The Morgan fingerprint density at radius 2 is 2.05 bits per heavy atom. The Hall–Kier alpha value is -2.08. The van der Waals surface area contributed by atoms with Crippen LogP contribution in [0.5, 0.6) is 0 Å². The summed E-state index contributed by atoms with van der Waals surface area (Å²) in [5.41, 5.74) is 1.62. The first-order valence-corrected chi connectivity index (χ1v) is 6.49. The highest BCUT2D eigenvalue weighted by atomic mass is 16.5. The lowest BCUT2D eigenvalue weighted by molar-refractivity contribution is 0.0540. The van der Waals surface area contributed by atoms with Crippen LogP contribution in [0.25, 0.3) is 0 Å². The van der Waals surface area contributed by atoms with E-state index in [-0.39, 0.29) is 5.97 Å². The molecule has 0 bridgehead atoms. The van der Waals surface area contributed by atoms with E-state index in [0.717, 1.165) is 24.8 Å². The molecule has 19 heavy (non-hydrogen) atoms. The summed E-state index contributed by atoms with van der Waals surface area (Å²) in [5, 5.41) is 8.41. The quantitative estimate of drug-likeness (QED) is 0.423. The van der Waals surface area contributed by atoms with Crippen molar-refractivity contribution in [1.82, 2.24) is 0 Å². The van der Waals surface area contributed by atoms with Gasteiger partial charge < -0.3 is 4.74 Å². The van der Waals surface area contributed by atoms with Gasteiger partial charge in [-0.3, -0.25) is 0 Å². The second kappa shape index (κ2) is 8.93. The van der Waals surface area contributed by atoms with Crippen molar-refractivity contribution in [3.05, 3.63) is 47.5 Å². The van der Waals surface area contributed by atoms with Gasteiger partial charge in [0, 0.05) is 6.42 Å². The van der Waals surface area contributed by atoms with Crippen molar-refractivity contribution in [2.45, 2.75) is 32.6 Å². The minimum atomic E-state index is -0.294. The molecule has 0 aliphatic rings. The van der Waals surface area contributed by atoms with Crippen molar-refractivity contribution in [2.75, 3.05) is 6.61 Å². The normalized spacial score (nSPS) is 10.8. The van der Waals surface area contributed by atoms with Gasteiger partial charge in [-0.2, -0.15) is 5.26 Å². The number of hydrogen-bond donors (Lipinski definition) is 0. The SMILES string of the molecule is C/C(=C\CCCCC#N)COC(=O)c1ccccc1. The molecule has 0 heterocycles. The highest BCUT2D eigenvalue weighted by molar-refractivity contribution is 5.89. The average molecular weight is 257 g/mol. The Balaban J connectivity index is 2.26. The lowest BCUT2D eigenvalue weighted by Crippen LogP contribution is -2.06. The first-order valence-electron chi connectivity index (χ1n) is 6.49. The molecule has 100 valence electrons. The summed E-state index contributed by atoms with van der Waals surface area (Å²) in [5.74, 6) is -0.294. The lowest BCUT2D eigenvalue weighted by atomic mass is 10.1. The molecule has 0 atom stereocenters. The lowest BCUT2D eigenvalue weighted by Gasteiger charge is -2.05. The van der Waals surface area contributed by atoms with Crippen LogP contribution in [0, 0.1) is 11.3 Å². The summed E-state index contributed by atoms with van der Waals surface area (Å²) in [6.07, 6.45) is 5.52. The summed E-state index contributed by atoms with van der Waals surface area (Å²) in [7, 11) is 0. The van der Waals surface area contributed by atoms with Crippen molar-refractivity contribution in [3.8, 4) is 6.07 Å². The highest BCUT2D eigenvalue weighted by Gasteiger charge is 2.05. The number of benzene rings is 1. The minimum Gasteiger partial charge on any atom is -0.458 e. The van der Waals surface area contributed by atoms with Crippen LogP contribution in [0.2, 0.25) is 0 Å². The standard InChI is InChI=1S/C16H19NO2/c1-14(9-5-2-3-8-12-17)13-19-16(18)15-10-6-4-7-11-15/h4,6-7,9-11H,2-3,5,8,13H2,1H3/b14-9+. The third-order valence-corrected chi connectivity index (χ3v) is 2.68. The topological polar surface area (TPSA) is 50.1 Å². The molecule has 0 spiro atoms. The van der Waals surface area contributed by atoms with Crippen LogP contribution in [-0.2, 0) is 4.74 Å². The largest absolute Gasteiger partial charge is 0.458 e. The number of esters is 1. The van der Waals surface area contributed by atoms with Gasteiger partial charge in [0.25, 0.3) is 0 Å². The second-order valence-corrected chi connectivity index (χ2v) is 4.40. The van der Waals surface area contributed by atoms with E-state index in [1.54, 1.807) is 12.1 Å². The summed E-state index contributed by atoms with van der Waals surface area (Å²) in [6, 6.07) is 11.1. The number of rotatable bonds is 7. The summed E-state index contributed by atoms with van der Waals surface area (Å²) < 4.78 is 5.21. The molecule has 0 unspecified atom stereocenters. The van der Waals surface area contributed by atoms with Crippen molar-refractivity contribution < 1.29 is 9.53 Å². The van der Waals surface area contributed by atoms with E-state index in [2.05, 4.69) is 12.1 Å². The molecule has 1 aromatic rings. The Bertz CT molecular complexity index is 457. The van der Waals surface area contributed by atoms with Crippen LogP contribution >= 0.6 is 0 Å².